The molecule has 0 aliphatic carbocycles. The Hall–Kier alpha value is -2.31. The minimum Gasteiger partial charge on any atom is -0.369 e. The van der Waals surface area contributed by atoms with Gasteiger partial charge in [-0.2, -0.15) is 0 Å². The minimum absolute atomic E-state index is 0.0495. The molecule has 1 aliphatic rings. The number of benzene rings is 2. The molecule has 0 radical (unpaired) electrons. The molecule has 0 saturated carbocycles. The predicted molar refractivity (Wildman–Crippen MR) is 100 cm³/mol. The van der Waals surface area contributed by atoms with E-state index in [1.165, 1.54) is 22.9 Å². The largest absolute Gasteiger partial charge is 0.369 e. The summed E-state index contributed by atoms with van der Waals surface area (Å²) in [4.78, 5) is 26.4. The summed E-state index contributed by atoms with van der Waals surface area (Å²) in [5.74, 6) is -0.236. The van der Waals surface area contributed by atoms with Crippen molar-refractivity contribution in [3.05, 3.63) is 59.7 Å². The van der Waals surface area contributed by atoms with Crippen LogP contribution in [0.3, 0.4) is 0 Å². The van der Waals surface area contributed by atoms with Crippen LogP contribution in [0.4, 0.5) is 5.69 Å². The van der Waals surface area contributed by atoms with E-state index < -0.39 is 0 Å². The predicted octanol–water partition coefficient (Wildman–Crippen LogP) is 2.26. The summed E-state index contributed by atoms with van der Waals surface area (Å²) < 4.78 is 0. The second kappa shape index (κ2) is 8.18. The van der Waals surface area contributed by atoms with Crippen molar-refractivity contribution in [2.75, 3.05) is 24.2 Å². The molecule has 0 aromatic heterocycles. The van der Waals surface area contributed by atoms with Crippen LogP contribution in [-0.2, 0) is 22.6 Å². The van der Waals surface area contributed by atoms with Gasteiger partial charge in [-0.15, -0.1) is 11.8 Å². The standard InChI is InChI=1S/C19H21N3O2S/c20-18(23)13-25-17-8-4-3-7-16(17)21-19(24)12-22-10-9-14-5-1-2-6-15(14)11-22/h1-8H,9-13H2,(H2,20,23)(H,21,24). The van der Waals surface area contributed by atoms with Gasteiger partial charge in [0.25, 0.3) is 0 Å². The van der Waals surface area contributed by atoms with E-state index in [9.17, 15) is 9.59 Å². The maximum absolute atomic E-state index is 12.4. The van der Waals surface area contributed by atoms with E-state index in [1.54, 1.807) is 0 Å². The number of nitrogens with one attached hydrogen (secondary N) is 1. The van der Waals surface area contributed by atoms with Crippen molar-refractivity contribution in [2.45, 2.75) is 17.9 Å². The fourth-order valence-electron chi connectivity index (χ4n) is 2.93. The van der Waals surface area contributed by atoms with E-state index in [-0.39, 0.29) is 17.6 Å². The zero-order chi connectivity index (χ0) is 17.6. The fourth-order valence-corrected chi connectivity index (χ4v) is 3.67. The number of carbonyl (C=O) groups is 2. The smallest absolute Gasteiger partial charge is 0.238 e. The third-order valence-electron chi connectivity index (χ3n) is 4.11. The molecule has 0 bridgehead atoms. The summed E-state index contributed by atoms with van der Waals surface area (Å²) in [7, 11) is 0. The lowest BCUT2D eigenvalue weighted by Crippen LogP contribution is -2.37. The van der Waals surface area contributed by atoms with Crippen molar-refractivity contribution in [3.8, 4) is 0 Å². The highest BCUT2D eigenvalue weighted by atomic mass is 32.2. The normalized spacial score (nSPS) is 13.9. The Bertz CT molecular complexity index is 779. The highest BCUT2D eigenvalue weighted by Gasteiger charge is 2.18. The molecule has 3 rings (SSSR count). The molecule has 0 spiro atoms. The third-order valence-corrected chi connectivity index (χ3v) is 5.20. The second-order valence-corrected chi connectivity index (χ2v) is 7.05. The molecule has 0 fully saturated rings. The van der Waals surface area contributed by atoms with Gasteiger partial charge in [0.1, 0.15) is 0 Å². The minimum atomic E-state index is -0.377. The average Bonchev–Trinajstić information content (AvgIpc) is 2.60. The molecule has 1 heterocycles. The van der Waals surface area contributed by atoms with Crippen LogP contribution in [-0.4, -0.2) is 35.6 Å². The Labute approximate surface area is 151 Å². The number of rotatable bonds is 6. The van der Waals surface area contributed by atoms with Crippen LogP contribution in [0.2, 0.25) is 0 Å². The van der Waals surface area contributed by atoms with E-state index in [4.69, 9.17) is 5.73 Å². The van der Waals surface area contributed by atoms with E-state index in [2.05, 4.69) is 28.4 Å². The zero-order valence-corrected chi connectivity index (χ0v) is 14.7. The monoisotopic (exact) mass is 355 g/mol. The fraction of sp³-hybridized carbons (Fsp3) is 0.263. The van der Waals surface area contributed by atoms with Gasteiger partial charge < -0.3 is 11.1 Å². The number of fused-ring (bicyclic) bond motifs is 1. The molecular formula is C19H21N3O2S. The summed E-state index contributed by atoms with van der Waals surface area (Å²) in [5, 5.41) is 2.95. The van der Waals surface area contributed by atoms with Crippen LogP contribution in [0.1, 0.15) is 11.1 Å². The Morgan fingerprint density at radius 3 is 2.60 bits per heavy atom. The number of para-hydroxylation sites is 1. The number of amides is 2. The van der Waals surface area contributed by atoms with Gasteiger partial charge in [-0.3, -0.25) is 14.5 Å². The molecule has 0 saturated heterocycles. The lowest BCUT2D eigenvalue weighted by atomic mass is 10.00. The summed E-state index contributed by atoms with van der Waals surface area (Å²) in [5.41, 5.74) is 8.58. The lowest BCUT2D eigenvalue weighted by molar-refractivity contribution is -0.117. The summed E-state index contributed by atoms with van der Waals surface area (Å²) in [6.45, 7) is 2.02. The van der Waals surface area contributed by atoms with Crippen LogP contribution in [0.25, 0.3) is 0 Å². The first-order chi connectivity index (χ1) is 12.1. The van der Waals surface area contributed by atoms with Crippen LogP contribution in [0, 0.1) is 0 Å². The number of thioether (sulfide) groups is 1. The van der Waals surface area contributed by atoms with Gasteiger partial charge in [-0.25, -0.2) is 0 Å². The third kappa shape index (κ3) is 4.84. The van der Waals surface area contributed by atoms with Crippen molar-refractivity contribution >= 4 is 29.3 Å². The molecule has 25 heavy (non-hydrogen) atoms. The van der Waals surface area contributed by atoms with Crippen molar-refractivity contribution in [2.24, 2.45) is 5.73 Å². The number of primary amides is 1. The molecule has 130 valence electrons. The van der Waals surface area contributed by atoms with Gasteiger partial charge in [0.2, 0.25) is 11.8 Å². The molecule has 0 atom stereocenters. The number of hydrogen-bond acceptors (Lipinski definition) is 4. The molecule has 1 aliphatic heterocycles. The summed E-state index contributed by atoms with van der Waals surface area (Å²) in [6.07, 6.45) is 0.967. The highest BCUT2D eigenvalue weighted by Crippen LogP contribution is 2.27. The van der Waals surface area contributed by atoms with Gasteiger partial charge in [0, 0.05) is 18.0 Å². The molecule has 6 heteroatoms. The first-order valence-corrected chi connectivity index (χ1v) is 9.19. The Morgan fingerprint density at radius 1 is 1.08 bits per heavy atom. The molecule has 5 nitrogen and oxygen atoms in total. The number of hydrogen-bond donors (Lipinski definition) is 2. The molecule has 2 amide bonds. The number of nitrogens with two attached hydrogens (primary N) is 1. The van der Waals surface area contributed by atoms with Gasteiger partial charge in [0.05, 0.1) is 18.0 Å². The van der Waals surface area contributed by atoms with Crippen LogP contribution >= 0.6 is 11.8 Å². The second-order valence-electron chi connectivity index (χ2n) is 6.03. The first-order valence-electron chi connectivity index (χ1n) is 8.21. The molecule has 3 N–H and O–H groups in total. The van der Waals surface area contributed by atoms with Crippen LogP contribution in [0.15, 0.2) is 53.4 Å². The molecule has 2 aromatic rings. The van der Waals surface area contributed by atoms with Crippen molar-refractivity contribution in [3.63, 3.8) is 0 Å². The van der Waals surface area contributed by atoms with Crippen molar-refractivity contribution in [1.29, 1.82) is 0 Å². The highest BCUT2D eigenvalue weighted by molar-refractivity contribution is 8.00. The van der Waals surface area contributed by atoms with E-state index in [0.29, 0.717) is 6.54 Å². The van der Waals surface area contributed by atoms with Crippen molar-refractivity contribution in [1.82, 2.24) is 4.90 Å². The topological polar surface area (TPSA) is 75.4 Å². The maximum atomic E-state index is 12.4. The lowest BCUT2D eigenvalue weighted by Gasteiger charge is -2.28. The summed E-state index contributed by atoms with van der Waals surface area (Å²) >= 11 is 1.33. The van der Waals surface area contributed by atoms with E-state index >= 15 is 0 Å². The Kier molecular flexibility index (Phi) is 5.73. The molecule has 0 unspecified atom stereocenters. The van der Waals surface area contributed by atoms with Crippen LogP contribution in [0.5, 0.6) is 0 Å². The van der Waals surface area contributed by atoms with Crippen molar-refractivity contribution < 1.29 is 9.59 Å². The average molecular weight is 355 g/mol. The number of anilines is 1. The van der Waals surface area contributed by atoms with Gasteiger partial charge >= 0.3 is 0 Å². The van der Waals surface area contributed by atoms with Crippen LogP contribution < -0.4 is 11.1 Å². The number of nitrogens with zero attached hydrogens (tertiary/aromatic N) is 1. The Balaban J connectivity index is 1.59. The molecular weight excluding hydrogens is 334 g/mol. The zero-order valence-electron chi connectivity index (χ0n) is 13.9. The van der Waals surface area contributed by atoms with Gasteiger partial charge in [-0.1, -0.05) is 36.4 Å². The first kappa shape index (κ1) is 17.5. The SMILES string of the molecule is NC(=O)CSc1ccccc1NC(=O)CN1CCc2ccccc2C1. The maximum Gasteiger partial charge on any atom is 0.238 e. The summed E-state index contributed by atoms with van der Waals surface area (Å²) in [6, 6.07) is 15.8. The number of carbonyl (C=O) groups excluding carboxylic acids is 2. The van der Waals surface area contributed by atoms with E-state index in [1.807, 2.05) is 30.3 Å². The molecule has 2 aromatic carbocycles. The Morgan fingerprint density at radius 2 is 1.80 bits per heavy atom. The van der Waals surface area contributed by atoms with E-state index in [0.717, 1.165) is 30.1 Å². The van der Waals surface area contributed by atoms with Gasteiger partial charge in [-0.05, 0) is 29.7 Å². The quantitative estimate of drug-likeness (QED) is 0.780. The van der Waals surface area contributed by atoms with Gasteiger partial charge in [0.15, 0.2) is 0 Å².